The molecule has 0 aliphatic heterocycles. The normalized spacial score (nSPS) is 13.8. The molecule has 0 fully saturated rings. The Balaban J connectivity index is 2.23. The van der Waals surface area contributed by atoms with Crippen molar-refractivity contribution in [1.29, 1.82) is 0 Å². The minimum absolute atomic E-state index is 0.0478. The number of hydrogen-bond donors (Lipinski definition) is 1. The van der Waals surface area contributed by atoms with Crippen molar-refractivity contribution in [3.8, 4) is 5.75 Å². The molecule has 2 aromatic rings. The molecule has 2 atom stereocenters. The Morgan fingerprint density at radius 1 is 1.05 bits per heavy atom. The first-order valence-corrected chi connectivity index (χ1v) is 7.22. The zero-order valence-electron chi connectivity index (χ0n) is 11.8. The molecule has 0 bridgehead atoms. The first-order valence-electron chi connectivity index (χ1n) is 6.84. The molecule has 0 amide bonds. The molecule has 20 heavy (non-hydrogen) atoms. The van der Waals surface area contributed by atoms with Crippen LogP contribution in [0.3, 0.4) is 0 Å². The van der Waals surface area contributed by atoms with Gasteiger partial charge >= 0.3 is 0 Å². The number of hydrogen-bond acceptors (Lipinski definition) is 2. The highest BCUT2D eigenvalue weighted by Crippen LogP contribution is 2.26. The lowest BCUT2D eigenvalue weighted by Gasteiger charge is -2.25. The lowest BCUT2D eigenvalue weighted by atomic mass is 10.00. The Labute approximate surface area is 125 Å². The minimum Gasteiger partial charge on any atom is -0.484 e. The summed E-state index contributed by atoms with van der Waals surface area (Å²) in [5.74, 6) is 0.781. The van der Waals surface area contributed by atoms with Crippen molar-refractivity contribution >= 4 is 11.6 Å². The first-order chi connectivity index (χ1) is 9.60. The molecule has 2 N–H and O–H groups in total. The number of rotatable bonds is 5. The van der Waals surface area contributed by atoms with E-state index in [2.05, 4.69) is 38.1 Å². The summed E-state index contributed by atoms with van der Waals surface area (Å²) in [6, 6.07) is 15.6. The summed E-state index contributed by atoms with van der Waals surface area (Å²) in [5, 5.41) is 0.698. The molecule has 0 aromatic heterocycles. The maximum atomic E-state index is 6.21. The molecule has 2 aromatic carbocycles. The summed E-state index contributed by atoms with van der Waals surface area (Å²) < 4.78 is 6.06. The third-order valence-electron chi connectivity index (χ3n) is 3.34. The van der Waals surface area contributed by atoms with E-state index in [4.69, 9.17) is 22.1 Å². The molecule has 0 spiro atoms. The van der Waals surface area contributed by atoms with Crippen molar-refractivity contribution < 1.29 is 4.74 Å². The molecule has 0 saturated carbocycles. The number of benzene rings is 2. The Hall–Kier alpha value is -1.51. The van der Waals surface area contributed by atoms with E-state index in [1.807, 2.05) is 24.3 Å². The van der Waals surface area contributed by atoms with Crippen LogP contribution >= 0.6 is 11.6 Å². The van der Waals surface area contributed by atoms with Gasteiger partial charge in [-0.2, -0.15) is 0 Å². The Bertz CT molecular complexity index is 536. The van der Waals surface area contributed by atoms with Gasteiger partial charge in [0.1, 0.15) is 11.9 Å². The summed E-state index contributed by atoms with van der Waals surface area (Å²) in [7, 11) is 0. The summed E-state index contributed by atoms with van der Waals surface area (Å²) >= 11 is 5.89. The molecule has 3 heteroatoms. The van der Waals surface area contributed by atoms with Crippen LogP contribution in [0.15, 0.2) is 48.5 Å². The fourth-order valence-corrected chi connectivity index (χ4v) is 2.16. The fourth-order valence-electron chi connectivity index (χ4n) is 2.03. The van der Waals surface area contributed by atoms with Gasteiger partial charge in [0.15, 0.2) is 0 Å². The Morgan fingerprint density at radius 2 is 1.65 bits per heavy atom. The lowest BCUT2D eigenvalue weighted by molar-refractivity contribution is 0.171. The van der Waals surface area contributed by atoms with Gasteiger partial charge in [0.25, 0.3) is 0 Å². The number of ether oxygens (including phenoxy) is 1. The standard InChI is InChI=1S/C17H20ClNO/c1-3-16(19)17(13-6-4-12(2)5-7-13)20-15-10-8-14(18)9-11-15/h4-11,16-17H,3,19H2,1-2H3. The maximum absolute atomic E-state index is 6.21. The SMILES string of the molecule is CCC(N)C(Oc1ccc(Cl)cc1)c1ccc(C)cc1. The summed E-state index contributed by atoms with van der Waals surface area (Å²) in [6.07, 6.45) is 0.702. The molecule has 2 rings (SSSR count). The lowest BCUT2D eigenvalue weighted by Crippen LogP contribution is -2.31. The van der Waals surface area contributed by atoms with Gasteiger partial charge in [-0.3, -0.25) is 0 Å². The van der Waals surface area contributed by atoms with Crippen LogP contribution in [-0.2, 0) is 0 Å². The van der Waals surface area contributed by atoms with Crippen LogP contribution in [-0.4, -0.2) is 6.04 Å². The largest absolute Gasteiger partial charge is 0.484 e. The van der Waals surface area contributed by atoms with Crippen LogP contribution in [0.1, 0.15) is 30.6 Å². The second-order valence-corrected chi connectivity index (χ2v) is 5.41. The molecular formula is C17H20ClNO. The Kier molecular flexibility index (Phi) is 5.05. The van der Waals surface area contributed by atoms with Gasteiger partial charge < -0.3 is 10.5 Å². The molecule has 0 saturated heterocycles. The van der Waals surface area contributed by atoms with Gasteiger partial charge in [-0.1, -0.05) is 48.4 Å². The highest BCUT2D eigenvalue weighted by Gasteiger charge is 2.20. The zero-order valence-corrected chi connectivity index (χ0v) is 12.6. The summed E-state index contributed by atoms with van der Waals surface area (Å²) in [4.78, 5) is 0. The van der Waals surface area contributed by atoms with Crippen molar-refractivity contribution in [2.75, 3.05) is 0 Å². The predicted octanol–water partition coefficient (Wildman–Crippen LogP) is 4.51. The fraction of sp³-hybridized carbons (Fsp3) is 0.294. The second-order valence-electron chi connectivity index (χ2n) is 4.98. The van der Waals surface area contributed by atoms with Crippen LogP contribution in [0.5, 0.6) is 5.75 Å². The predicted molar refractivity (Wildman–Crippen MR) is 84.3 cm³/mol. The highest BCUT2D eigenvalue weighted by atomic mass is 35.5. The van der Waals surface area contributed by atoms with Gasteiger partial charge in [0.2, 0.25) is 0 Å². The average Bonchev–Trinajstić information content (AvgIpc) is 2.47. The molecular weight excluding hydrogens is 270 g/mol. The van der Waals surface area contributed by atoms with Gasteiger partial charge in [0.05, 0.1) is 0 Å². The molecule has 0 heterocycles. The highest BCUT2D eigenvalue weighted by molar-refractivity contribution is 6.30. The van der Waals surface area contributed by atoms with Crippen LogP contribution in [0, 0.1) is 6.92 Å². The molecule has 106 valence electrons. The number of aryl methyl sites for hydroxylation is 1. The van der Waals surface area contributed by atoms with Crippen molar-refractivity contribution in [3.63, 3.8) is 0 Å². The van der Waals surface area contributed by atoms with E-state index in [9.17, 15) is 0 Å². The minimum atomic E-state index is -0.151. The van der Waals surface area contributed by atoms with Gasteiger partial charge in [-0.05, 0) is 43.2 Å². The molecule has 0 aliphatic carbocycles. The van der Waals surface area contributed by atoms with E-state index in [1.165, 1.54) is 5.56 Å². The topological polar surface area (TPSA) is 35.2 Å². The maximum Gasteiger partial charge on any atom is 0.139 e. The van der Waals surface area contributed by atoms with E-state index in [1.54, 1.807) is 0 Å². The molecule has 2 nitrogen and oxygen atoms in total. The first kappa shape index (κ1) is 14.9. The van der Waals surface area contributed by atoms with E-state index >= 15 is 0 Å². The van der Waals surface area contributed by atoms with E-state index in [0.717, 1.165) is 17.7 Å². The van der Waals surface area contributed by atoms with Crippen LogP contribution in [0.2, 0.25) is 5.02 Å². The van der Waals surface area contributed by atoms with Crippen molar-refractivity contribution in [1.82, 2.24) is 0 Å². The third-order valence-corrected chi connectivity index (χ3v) is 3.59. The van der Waals surface area contributed by atoms with Crippen molar-refractivity contribution in [2.24, 2.45) is 5.73 Å². The number of halogens is 1. The van der Waals surface area contributed by atoms with E-state index in [-0.39, 0.29) is 12.1 Å². The third kappa shape index (κ3) is 3.75. The van der Waals surface area contributed by atoms with Crippen LogP contribution < -0.4 is 10.5 Å². The summed E-state index contributed by atoms with van der Waals surface area (Å²) in [6.45, 7) is 4.13. The van der Waals surface area contributed by atoms with Crippen molar-refractivity contribution in [3.05, 3.63) is 64.7 Å². The quantitative estimate of drug-likeness (QED) is 0.879. The van der Waals surface area contributed by atoms with Crippen molar-refractivity contribution in [2.45, 2.75) is 32.4 Å². The van der Waals surface area contributed by atoms with E-state index in [0.29, 0.717) is 5.02 Å². The van der Waals surface area contributed by atoms with Gasteiger partial charge in [-0.15, -0.1) is 0 Å². The zero-order chi connectivity index (χ0) is 14.5. The molecule has 2 unspecified atom stereocenters. The molecule has 0 aliphatic rings. The van der Waals surface area contributed by atoms with Crippen LogP contribution in [0.25, 0.3) is 0 Å². The Morgan fingerprint density at radius 3 is 2.20 bits per heavy atom. The second kappa shape index (κ2) is 6.78. The van der Waals surface area contributed by atoms with E-state index < -0.39 is 0 Å². The van der Waals surface area contributed by atoms with Gasteiger partial charge in [-0.25, -0.2) is 0 Å². The summed E-state index contributed by atoms with van der Waals surface area (Å²) in [5.41, 5.74) is 8.54. The number of nitrogens with two attached hydrogens (primary N) is 1. The molecule has 0 radical (unpaired) electrons. The smallest absolute Gasteiger partial charge is 0.139 e. The average molecular weight is 290 g/mol. The van der Waals surface area contributed by atoms with Crippen LogP contribution in [0.4, 0.5) is 0 Å². The van der Waals surface area contributed by atoms with Gasteiger partial charge in [0, 0.05) is 11.1 Å². The monoisotopic (exact) mass is 289 g/mol.